The molecule has 2 atom stereocenters. The van der Waals surface area contributed by atoms with Crippen molar-refractivity contribution in [1.29, 1.82) is 0 Å². The van der Waals surface area contributed by atoms with Crippen LogP contribution < -0.4 is 10.6 Å². The lowest BCUT2D eigenvalue weighted by Crippen LogP contribution is -2.58. The van der Waals surface area contributed by atoms with Crippen molar-refractivity contribution in [3.63, 3.8) is 0 Å². The fraction of sp³-hybridized carbons (Fsp3) is 0.385. The third-order valence-corrected chi connectivity index (χ3v) is 7.06. The van der Waals surface area contributed by atoms with Crippen molar-refractivity contribution in [3.05, 3.63) is 76.1 Å². The number of hydrogen-bond donors (Lipinski definition) is 2. The number of carbonyl (C=O) groups is 1. The number of carbonyl (C=O) groups excluding carboxylic acids is 1. The molecule has 0 spiro atoms. The minimum absolute atomic E-state index is 0.116. The number of nitrogens with zero attached hydrogens (tertiary/aromatic N) is 3. The normalized spacial score (nSPS) is 24.9. The van der Waals surface area contributed by atoms with Gasteiger partial charge in [-0.2, -0.15) is 18.3 Å². The molecule has 1 unspecified atom stereocenters. The Morgan fingerprint density at radius 1 is 1.19 bits per heavy atom. The summed E-state index contributed by atoms with van der Waals surface area (Å²) < 4.78 is 57.3. The number of allylic oxidation sites excluding steroid dienone is 1. The van der Waals surface area contributed by atoms with Crippen LogP contribution in [0.25, 0.3) is 11.1 Å². The zero-order valence-corrected chi connectivity index (χ0v) is 20.2. The molecular formula is C26H25F4N5O. The summed E-state index contributed by atoms with van der Waals surface area (Å²) in [5.74, 6) is -1.00. The smallest absolute Gasteiger partial charge is 0.362 e. The molecule has 10 heteroatoms. The maximum atomic E-state index is 14.7. The van der Waals surface area contributed by atoms with Gasteiger partial charge in [-0.05, 0) is 50.5 Å². The molecule has 3 aliphatic heterocycles. The highest BCUT2D eigenvalue weighted by atomic mass is 19.4. The van der Waals surface area contributed by atoms with E-state index in [4.69, 9.17) is 0 Å². The van der Waals surface area contributed by atoms with E-state index in [2.05, 4.69) is 25.8 Å². The van der Waals surface area contributed by atoms with Crippen LogP contribution in [0.1, 0.15) is 44.9 Å². The molecule has 0 fully saturated rings. The van der Waals surface area contributed by atoms with Crippen molar-refractivity contribution in [1.82, 2.24) is 15.6 Å². The molecule has 0 aliphatic carbocycles. The van der Waals surface area contributed by atoms with Crippen LogP contribution in [0, 0.1) is 12.7 Å². The van der Waals surface area contributed by atoms with Gasteiger partial charge in [0.15, 0.2) is 11.9 Å². The molecule has 1 aromatic carbocycles. The Morgan fingerprint density at radius 2 is 1.94 bits per heavy atom. The lowest BCUT2D eigenvalue weighted by Gasteiger charge is -2.48. The van der Waals surface area contributed by atoms with E-state index in [1.54, 1.807) is 44.2 Å². The number of halogens is 4. The summed E-state index contributed by atoms with van der Waals surface area (Å²) in [6, 6.07) is 8.26. The lowest BCUT2D eigenvalue weighted by molar-refractivity contribution is -0.120. The van der Waals surface area contributed by atoms with Crippen molar-refractivity contribution >= 4 is 5.91 Å². The van der Waals surface area contributed by atoms with E-state index in [1.807, 2.05) is 13.8 Å². The summed E-state index contributed by atoms with van der Waals surface area (Å²) in [5.41, 5.74) is -0.773. The number of alkyl halides is 3. The molecule has 0 saturated heterocycles. The number of aryl methyl sites for hydroxylation is 1. The van der Waals surface area contributed by atoms with Crippen LogP contribution in [-0.2, 0) is 10.2 Å². The van der Waals surface area contributed by atoms with Crippen molar-refractivity contribution < 1.29 is 22.4 Å². The van der Waals surface area contributed by atoms with Crippen molar-refractivity contribution in [3.8, 4) is 11.1 Å². The third kappa shape index (κ3) is 3.61. The summed E-state index contributed by atoms with van der Waals surface area (Å²) >= 11 is 0. The average molecular weight is 500 g/mol. The third-order valence-electron chi connectivity index (χ3n) is 7.06. The Morgan fingerprint density at radius 3 is 2.64 bits per heavy atom. The quantitative estimate of drug-likeness (QED) is 0.539. The summed E-state index contributed by atoms with van der Waals surface area (Å²) in [7, 11) is 0. The van der Waals surface area contributed by atoms with E-state index < -0.39 is 40.7 Å². The van der Waals surface area contributed by atoms with Crippen LogP contribution in [0.5, 0.6) is 0 Å². The zero-order valence-electron chi connectivity index (χ0n) is 20.2. The summed E-state index contributed by atoms with van der Waals surface area (Å²) in [6.45, 7) is 7.16. The second-order valence-corrected chi connectivity index (χ2v) is 10.0. The van der Waals surface area contributed by atoms with Gasteiger partial charge >= 0.3 is 6.18 Å². The van der Waals surface area contributed by atoms with Gasteiger partial charge in [0.1, 0.15) is 5.82 Å². The zero-order chi connectivity index (χ0) is 26.0. The molecule has 2 N–H and O–H groups in total. The maximum Gasteiger partial charge on any atom is 0.435 e. The minimum Gasteiger partial charge on any atom is -0.362 e. The number of fused-ring (bicyclic) bond motifs is 1. The number of hydrogen-bond acceptors (Lipinski definition) is 5. The summed E-state index contributed by atoms with van der Waals surface area (Å²) in [5, 5.41) is 13.5. The first-order valence-corrected chi connectivity index (χ1v) is 11.7. The van der Waals surface area contributed by atoms with E-state index in [-0.39, 0.29) is 23.1 Å². The number of rotatable bonds is 3. The van der Waals surface area contributed by atoms with E-state index in [0.717, 1.165) is 6.20 Å². The van der Waals surface area contributed by atoms with Crippen LogP contribution in [0.3, 0.4) is 0 Å². The van der Waals surface area contributed by atoms with Crippen molar-refractivity contribution in [2.75, 3.05) is 0 Å². The first-order valence-electron chi connectivity index (χ1n) is 11.7. The highest BCUT2D eigenvalue weighted by Gasteiger charge is 2.57. The number of amides is 1. The molecule has 3 aliphatic rings. The monoisotopic (exact) mass is 499 g/mol. The Balaban J connectivity index is 1.83. The molecule has 1 aromatic heterocycles. The SMILES string of the molecule is CC[C@]1(c2cccc(-c3cc(C)ncc3F)c2)C2=C(CC(C)(C)NC2=O)NC2N=NC(C(F)(F)F)=C21. The first kappa shape index (κ1) is 24.1. The fourth-order valence-electron chi connectivity index (χ4n) is 5.65. The molecule has 6 nitrogen and oxygen atoms in total. The van der Waals surface area contributed by atoms with Gasteiger partial charge in [-0.3, -0.25) is 9.78 Å². The molecule has 36 heavy (non-hydrogen) atoms. The van der Waals surface area contributed by atoms with Gasteiger partial charge in [0, 0.05) is 34.5 Å². The molecule has 0 radical (unpaired) electrons. The first-order chi connectivity index (χ1) is 16.9. The van der Waals surface area contributed by atoms with Crippen LogP contribution >= 0.6 is 0 Å². The standard InChI is InChI=1S/C26H25F4N5O/c1-5-25(15-8-6-7-14(10-15)16-9-13(2)31-12-17(16)27)19-18(11-24(3,4)33-23(19)36)32-22-20(25)21(34-35-22)26(28,29)30/h6-10,12,22,32H,5,11H2,1-4H3,(H,33,36)/t22?,25-/m0/s1. The van der Waals surface area contributed by atoms with E-state index in [1.165, 1.54) is 0 Å². The largest absolute Gasteiger partial charge is 0.435 e. The van der Waals surface area contributed by atoms with Gasteiger partial charge in [0.25, 0.3) is 5.91 Å². The Bertz CT molecular complexity index is 1370. The van der Waals surface area contributed by atoms with Gasteiger partial charge < -0.3 is 10.6 Å². The van der Waals surface area contributed by atoms with Crippen LogP contribution in [0.15, 0.2) is 69.3 Å². The second kappa shape index (κ2) is 7.97. The van der Waals surface area contributed by atoms with Crippen LogP contribution in [-0.4, -0.2) is 28.8 Å². The number of benzene rings is 1. The Labute approximate surface area is 205 Å². The lowest BCUT2D eigenvalue weighted by atomic mass is 9.61. The van der Waals surface area contributed by atoms with Gasteiger partial charge in [-0.25, -0.2) is 4.39 Å². The summed E-state index contributed by atoms with van der Waals surface area (Å²) in [6.07, 6.45) is -4.20. The maximum absolute atomic E-state index is 14.7. The average Bonchev–Trinajstić information content (AvgIpc) is 3.23. The van der Waals surface area contributed by atoms with E-state index in [0.29, 0.717) is 28.9 Å². The fourth-order valence-corrected chi connectivity index (χ4v) is 5.65. The number of pyridine rings is 1. The predicted octanol–water partition coefficient (Wildman–Crippen LogP) is 5.61. The number of nitrogens with one attached hydrogen (secondary N) is 2. The molecule has 188 valence electrons. The highest BCUT2D eigenvalue weighted by molar-refractivity contribution is 6.00. The molecule has 0 bridgehead atoms. The molecule has 0 saturated carbocycles. The molecule has 2 aromatic rings. The van der Waals surface area contributed by atoms with E-state index >= 15 is 0 Å². The molecule has 5 rings (SSSR count). The van der Waals surface area contributed by atoms with E-state index in [9.17, 15) is 22.4 Å². The number of azo groups is 1. The van der Waals surface area contributed by atoms with Gasteiger partial charge in [0.2, 0.25) is 0 Å². The molecule has 4 heterocycles. The van der Waals surface area contributed by atoms with Crippen LogP contribution in [0.2, 0.25) is 0 Å². The number of aromatic nitrogens is 1. The highest BCUT2D eigenvalue weighted by Crippen LogP contribution is 2.55. The molecule has 1 amide bonds. The Hall–Kier alpha value is -3.56. The minimum atomic E-state index is -4.77. The van der Waals surface area contributed by atoms with Crippen LogP contribution in [0.4, 0.5) is 17.6 Å². The predicted molar refractivity (Wildman–Crippen MR) is 125 cm³/mol. The van der Waals surface area contributed by atoms with Gasteiger partial charge in [-0.15, -0.1) is 5.11 Å². The Kier molecular flexibility index (Phi) is 5.35. The van der Waals surface area contributed by atoms with Crippen molar-refractivity contribution in [2.45, 2.75) is 63.8 Å². The van der Waals surface area contributed by atoms with Gasteiger partial charge in [-0.1, -0.05) is 25.1 Å². The van der Waals surface area contributed by atoms with Crippen molar-refractivity contribution in [2.24, 2.45) is 10.2 Å². The topological polar surface area (TPSA) is 78.7 Å². The second-order valence-electron chi connectivity index (χ2n) is 10.0. The summed E-state index contributed by atoms with van der Waals surface area (Å²) in [4.78, 5) is 17.5. The van der Waals surface area contributed by atoms with Gasteiger partial charge in [0.05, 0.1) is 17.2 Å². The molecular weight excluding hydrogens is 474 g/mol.